The molecule has 4 nitrogen and oxygen atoms in total. The highest BCUT2D eigenvalue weighted by atomic mass is 16.2. The number of benzene rings is 1. The van der Waals surface area contributed by atoms with Crippen molar-refractivity contribution in [2.75, 3.05) is 13.1 Å². The molecule has 0 aromatic heterocycles. The van der Waals surface area contributed by atoms with Crippen LogP contribution in [0.1, 0.15) is 99.5 Å². The van der Waals surface area contributed by atoms with Gasteiger partial charge in [-0.15, -0.1) is 0 Å². The van der Waals surface area contributed by atoms with E-state index >= 15 is 0 Å². The molecule has 3 unspecified atom stereocenters. The molecule has 4 rings (SSSR count). The minimum Gasteiger partial charge on any atom is -0.311 e. The molecule has 0 bridgehead atoms. The summed E-state index contributed by atoms with van der Waals surface area (Å²) >= 11 is 0. The largest absolute Gasteiger partial charge is 0.311 e. The molecule has 2 N–H and O–H groups in total. The molecule has 1 amide bonds. The third kappa shape index (κ3) is 8.46. The van der Waals surface area contributed by atoms with Crippen molar-refractivity contribution < 1.29 is 4.79 Å². The quantitative estimate of drug-likeness (QED) is 0.305. The van der Waals surface area contributed by atoms with Gasteiger partial charge in [-0.1, -0.05) is 142 Å². The molecule has 220 valence electrons. The van der Waals surface area contributed by atoms with Crippen molar-refractivity contribution >= 4 is 11.5 Å². The van der Waals surface area contributed by atoms with Crippen LogP contribution in [0.2, 0.25) is 0 Å². The molecule has 1 heterocycles. The Labute approximate surface area is 245 Å². The number of rotatable bonds is 9. The first-order valence-corrected chi connectivity index (χ1v) is 15.7. The van der Waals surface area contributed by atoms with Gasteiger partial charge < -0.3 is 10.7 Å². The summed E-state index contributed by atoms with van der Waals surface area (Å²) in [7, 11) is 0. The zero-order chi connectivity index (χ0) is 29.3. The summed E-state index contributed by atoms with van der Waals surface area (Å²) in [6.07, 6.45) is 17.9. The standard InChI is InChI=1S/C33H47N3O.C3H8/c1-7-33(5,6)24(2)22-36(23-25-14-13-20-32(3,4)21-19-25)35-30-29(26-15-9-8-10-16-26)27-17-11-12-18-28(27)31(37)34-30;1-3-2/h8-10,13-16,19-21,24,27-28,35H,7,11-12,17-18,22-23H2,1-6H3,(H,34,37);3H2,1-2H3. The van der Waals surface area contributed by atoms with Gasteiger partial charge >= 0.3 is 0 Å². The maximum Gasteiger partial charge on any atom is 0.229 e. The summed E-state index contributed by atoms with van der Waals surface area (Å²) in [5.41, 5.74) is 7.77. The first-order chi connectivity index (χ1) is 19.0. The van der Waals surface area contributed by atoms with Crippen molar-refractivity contribution in [1.29, 1.82) is 0 Å². The number of hydrogen-bond acceptors (Lipinski definition) is 3. The van der Waals surface area contributed by atoms with Gasteiger partial charge in [0.25, 0.3) is 0 Å². The molecule has 1 aliphatic heterocycles. The number of hydrazine groups is 1. The van der Waals surface area contributed by atoms with Gasteiger partial charge in [-0.25, -0.2) is 5.01 Å². The van der Waals surface area contributed by atoms with Gasteiger partial charge in [0.1, 0.15) is 5.82 Å². The number of carbonyl (C=O) groups is 1. The van der Waals surface area contributed by atoms with Crippen molar-refractivity contribution in [2.24, 2.45) is 28.6 Å². The van der Waals surface area contributed by atoms with E-state index in [0.717, 1.165) is 44.6 Å². The lowest BCUT2D eigenvalue weighted by Gasteiger charge is -2.41. The summed E-state index contributed by atoms with van der Waals surface area (Å²) in [5.74, 6) is 1.84. The van der Waals surface area contributed by atoms with Crippen molar-refractivity contribution in [2.45, 2.75) is 93.9 Å². The Bertz CT molecular complexity index is 1090. The Balaban J connectivity index is 0.00000141. The lowest BCUT2D eigenvalue weighted by molar-refractivity contribution is -0.127. The summed E-state index contributed by atoms with van der Waals surface area (Å²) in [6.45, 7) is 19.7. The maximum atomic E-state index is 13.3. The van der Waals surface area contributed by atoms with Crippen LogP contribution in [0.15, 0.2) is 72.1 Å². The van der Waals surface area contributed by atoms with E-state index in [1.165, 1.54) is 29.6 Å². The van der Waals surface area contributed by atoms with Gasteiger partial charge in [-0.3, -0.25) is 4.79 Å². The molecular formula is C36H55N3O. The van der Waals surface area contributed by atoms with Gasteiger partial charge in [-0.05, 0) is 41.2 Å². The first-order valence-electron chi connectivity index (χ1n) is 15.7. The van der Waals surface area contributed by atoms with Crippen LogP contribution in [0.25, 0.3) is 5.57 Å². The lowest BCUT2D eigenvalue weighted by atomic mass is 9.71. The topological polar surface area (TPSA) is 44.4 Å². The number of hydrogen-bond donors (Lipinski definition) is 2. The molecule has 3 atom stereocenters. The fraction of sp³-hybridized carbons (Fsp3) is 0.583. The number of allylic oxidation sites excluding steroid dienone is 5. The van der Waals surface area contributed by atoms with E-state index in [1.54, 1.807) is 0 Å². The molecular weight excluding hydrogens is 490 g/mol. The molecule has 0 radical (unpaired) electrons. The van der Waals surface area contributed by atoms with Crippen LogP contribution in [0.3, 0.4) is 0 Å². The third-order valence-electron chi connectivity index (χ3n) is 9.02. The summed E-state index contributed by atoms with van der Waals surface area (Å²) < 4.78 is 0. The van der Waals surface area contributed by atoms with E-state index in [-0.39, 0.29) is 28.6 Å². The number of carbonyl (C=O) groups excluding carboxylic acids is 1. The number of nitrogens with one attached hydrogen (secondary N) is 2. The molecule has 1 saturated carbocycles. The molecule has 1 aromatic carbocycles. The Kier molecular flexibility index (Phi) is 11.5. The van der Waals surface area contributed by atoms with E-state index in [0.29, 0.717) is 5.92 Å². The Morgan fingerprint density at radius 2 is 1.70 bits per heavy atom. The van der Waals surface area contributed by atoms with Crippen molar-refractivity contribution in [3.63, 3.8) is 0 Å². The van der Waals surface area contributed by atoms with Gasteiger partial charge in [0.2, 0.25) is 5.91 Å². The summed E-state index contributed by atoms with van der Waals surface area (Å²) in [6, 6.07) is 10.7. The fourth-order valence-electron chi connectivity index (χ4n) is 5.74. The van der Waals surface area contributed by atoms with Crippen LogP contribution < -0.4 is 10.7 Å². The highest BCUT2D eigenvalue weighted by Gasteiger charge is 2.40. The predicted octanol–water partition coefficient (Wildman–Crippen LogP) is 8.67. The minimum absolute atomic E-state index is 0.0460. The average Bonchev–Trinajstić information content (AvgIpc) is 3.09. The van der Waals surface area contributed by atoms with Gasteiger partial charge in [-0.2, -0.15) is 0 Å². The lowest BCUT2D eigenvalue weighted by Crippen LogP contribution is -2.52. The van der Waals surface area contributed by atoms with Gasteiger partial charge in [0.15, 0.2) is 0 Å². The van der Waals surface area contributed by atoms with E-state index in [9.17, 15) is 4.79 Å². The second kappa shape index (κ2) is 14.3. The summed E-state index contributed by atoms with van der Waals surface area (Å²) in [5, 5.41) is 5.65. The van der Waals surface area contributed by atoms with Crippen LogP contribution in [0, 0.1) is 28.6 Å². The highest BCUT2D eigenvalue weighted by molar-refractivity contribution is 5.89. The van der Waals surface area contributed by atoms with Gasteiger partial charge in [0.05, 0.1) is 0 Å². The van der Waals surface area contributed by atoms with E-state index < -0.39 is 0 Å². The molecule has 3 aliphatic rings. The molecule has 0 saturated heterocycles. The molecule has 2 aliphatic carbocycles. The molecule has 4 heteroatoms. The molecule has 1 aromatic rings. The number of fused-ring (bicyclic) bond motifs is 1. The Morgan fingerprint density at radius 3 is 2.35 bits per heavy atom. The van der Waals surface area contributed by atoms with Crippen LogP contribution >= 0.6 is 0 Å². The maximum absolute atomic E-state index is 13.3. The third-order valence-corrected chi connectivity index (χ3v) is 9.02. The zero-order valence-corrected chi connectivity index (χ0v) is 26.5. The van der Waals surface area contributed by atoms with Crippen LogP contribution in [0.5, 0.6) is 0 Å². The second-order valence-corrected chi connectivity index (χ2v) is 13.3. The highest BCUT2D eigenvalue weighted by Crippen LogP contribution is 2.43. The Hall–Kier alpha value is -2.59. The molecule has 1 fully saturated rings. The molecule has 0 spiro atoms. The molecule has 40 heavy (non-hydrogen) atoms. The fourth-order valence-corrected chi connectivity index (χ4v) is 5.74. The number of amides is 1. The van der Waals surface area contributed by atoms with Crippen LogP contribution in [0.4, 0.5) is 0 Å². The summed E-state index contributed by atoms with van der Waals surface area (Å²) in [4.78, 5) is 13.3. The predicted molar refractivity (Wildman–Crippen MR) is 171 cm³/mol. The van der Waals surface area contributed by atoms with Gasteiger partial charge in [0, 0.05) is 30.0 Å². The van der Waals surface area contributed by atoms with E-state index in [1.807, 2.05) is 0 Å². The van der Waals surface area contributed by atoms with Crippen molar-refractivity contribution in [3.05, 3.63) is 77.7 Å². The second-order valence-electron chi connectivity index (χ2n) is 13.3. The van der Waals surface area contributed by atoms with Crippen LogP contribution in [-0.4, -0.2) is 24.0 Å². The minimum atomic E-state index is 0.0460. The zero-order valence-electron chi connectivity index (χ0n) is 26.5. The van der Waals surface area contributed by atoms with E-state index in [4.69, 9.17) is 0 Å². The van der Waals surface area contributed by atoms with E-state index in [2.05, 4.69) is 132 Å². The monoisotopic (exact) mass is 545 g/mol. The normalized spacial score (nSPS) is 22.9. The Morgan fingerprint density at radius 1 is 1.05 bits per heavy atom. The van der Waals surface area contributed by atoms with Crippen molar-refractivity contribution in [3.8, 4) is 0 Å². The number of nitrogens with zero attached hydrogens (tertiary/aromatic N) is 1. The van der Waals surface area contributed by atoms with Crippen LogP contribution in [-0.2, 0) is 4.79 Å². The van der Waals surface area contributed by atoms with Crippen molar-refractivity contribution in [1.82, 2.24) is 15.8 Å². The average molecular weight is 546 g/mol. The first kappa shape index (κ1) is 31.9. The SMILES string of the molecule is CCC.CCC(C)(C)C(C)CN(CC1=CC=CC(C)(C)C=C1)NC1=C(c2ccccc2)C2CCCCC2C(=O)N1. The smallest absolute Gasteiger partial charge is 0.229 e.